The first kappa shape index (κ1) is 24.2. The second-order valence-electron chi connectivity index (χ2n) is 7.16. The van der Waals surface area contributed by atoms with Gasteiger partial charge >= 0.3 is 0 Å². The topological polar surface area (TPSA) is 126 Å². The normalized spacial score (nSPS) is 12.7. The van der Waals surface area contributed by atoms with Crippen LogP contribution in [-0.2, 0) is 14.8 Å². The number of aromatic hydroxyl groups is 1. The van der Waals surface area contributed by atoms with Crippen LogP contribution in [-0.4, -0.2) is 45.9 Å². The molecule has 31 heavy (non-hydrogen) atoms. The lowest BCUT2D eigenvalue weighted by molar-refractivity contribution is -0.123. The SMILES string of the molecule is COc1cc(/C=N\NC(=O)[C@H](NS(=O)(=O)c2ccc(C)cc2)C(C)C)cc(OC)c1O. The standard InChI is InChI=1S/C21H27N3O6S/c1-13(2)19(24-31(27,28)16-8-6-14(3)7-9-16)21(26)23-22-12-15-10-17(29-4)20(25)18(11-15)30-5/h6-13,19,24-25H,1-5H3,(H,23,26)/b22-12-/t19-/m1/s1. The molecule has 10 heteroatoms. The molecule has 0 aliphatic heterocycles. The van der Waals surface area contributed by atoms with Crippen molar-refractivity contribution in [2.24, 2.45) is 11.0 Å². The summed E-state index contributed by atoms with van der Waals surface area (Å²) in [5.41, 5.74) is 3.76. The highest BCUT2D eigenvalue weighted by Crippen LogP contribution is 2.36. The number of phenolic OH excluding ortho intramolecular Hbond substituents is 1. The Morgan fingerprint density at radius 3 is 2.13 bits per heavy atom. The fourth-order valence-corrected chi connectivity index (χ4v) is 4.02. The number of phenols is 1. The molecule has 0 radical (unpaired) electrons. The number of hydrogen-bond donors (Lipinski definition) is 3. The maximum Gasteiger partial charge on any atom is 0.258 e. The van der Waals surface area contributed by atoms with Crippen LogP contribution in [0.5, 0.6) is 17.2 Å². The van der Waals surface area contributed by atoms with Crippen LogP contribution in [0.2, 0.25) is 0 Å². The number of sulfonamides is 1. The zero-order valence-electron chi connectivity index (χ0n) is 18.0. The number of methoxy groups -OCH3 is 2. The maximum atomic E-state index is 12.7. The van der Waals surface area contributed by atoms with E-state index in [2.05, 4.69) is 15.2 Å². The van der Waals surface area contributed by atoms with Gasteiger partial charge in [0.1, 0.15) is 6.04 Å². The Morgan fingerprint density at radius 2 is 1.65 bits per heavy atom. The molecule has 0 saturated carbocycles. The molecule has 2 aromatic carbocycles. The van der Waals surface area contributed by atoms with Crippen LogP contribution in [0, 0.1) is 12.8 Å². The van der Waals surface area contributed by atoms with E-state index in [4.69, 9.17) is 9.47 Å². The summed E-state index contributed by atoms with van der Waals surface area (Å²) < 4.78 is 37.9. The third-order valence-electron chi connectivity index (χ3n) is 4.45. The monoisotopic (exact) mass is 449 g/mol. The first-order valence-corrected chi connectivity index (χ1v) is 10.9. The van der Waals surface area contributed by atoms with Gasteiger partial charge in [-0.2, -0.15) is 9.82 Å². The second kappa shape index (κ2) is 10.3. The minimum absolute atomic E-state index is 0.0725. The van der Waals surface area contributed by atoms with Crippen LogP contribution < -0.4 is 19.6 Å². The van der Waals surface area contributed by atoms with E-state index in [9.17, 15) is 18.3 Å². The summed E-state index contributed by atoms with van der Waals surface area (Å²) in [6, 6.07) is 8.31. The lowest BCUT2D eigenvalue weighted by atomic mass is 10.1. The lowest BCUT2D eigenvalue weighted by Gasteiger charge is -2.20. The van der Waals surface area contributed by atoms with Crippen molar-refractivity contribution in [3.63, 3.8) is 0 Å². The first-order chi connectivity index (χ1) is 14.6. The number of aryl methyl sites for hydroxylation is 1. The average molecular weight is 450 g/mol. The predicted octanol–water partition coefficient (Wildman–Crippen LogP) is 2.17. The fourth-order valence-electron chi connectivity index (χ4n) is 2.67. The Labute approximate surface area is 182 Å². The average Bonchev–Trinajstić information content (AvgIpc) is 2.73. The van der Waals surface area contributed by atoms with Crippen molar-refractivity contribution in [1.29, 1.82) is 0 Å². The van der Waals surface area contributed by atoms with E-state index in [0.29, 0.717) is 5.56 Å². The van der Waals surface area contributed by atoms with Crippen molar-refractivity contribution in [3.8, 4) is 17.2 Å². The molecule has 0 fully saturated rings. The molecule has 9 nitrogen and oxygen atoms in total. The molecular weight excluding hydrogens is 422 g/mol. The molecule has 0 heterocycles. The highest BCUT2D eigenvalue weighted by Gasteiger charge is 2.28. The molecular formula is C21H27N3O6S. The Bertz CT molecular complexity index is 1020. The van der Waals surface area contributed by atoms with E-state index in [0.717, 1.165) is 5.56 Å². The third-order valence-corrected chi connectivity index (χ3v) is 5.91. The minimum Gasteiger partial charge on any atom is -0.502 e. The van der Waals surface area contributed by atoms with Crippen molar-refractivity contribution in [2.75, 3.05) is 14.2 Å². The maximum absolute atomic E-state index is 12.7. The molecule has 3 N–H and O–H groups in total. The fraction of sp³-hybridized carbons (Fsp3) is 0.333. The summed E-state index contributed by atoms with van der Waals surface area (Å²) in [4.78, 5) is 12.7. The van der Waals surface area contributed by atoms with Gasteiger partial charge in [-0.1, -0.05) is 31.5 Å². The quantitative estimate of drug-likeness (QED) is 0.398. The van der Waals surface area contributed by atoms with Crippen molar-refractivity contribution in [3.05, 3.63) is 47.5 Å². The second-order valence-corrected chi connectivity index (χ2v) is 8.88. The molecule has 1 atom stereocenters. The van der Waals surface area contributed by atoms with Crippen LogP contribution in [0.25, 0.3) is 0 Å². The number of carbonyl (C=O) groups is 1. The zero-order chi connectivity index (χ0) is 23.2. The van der Waals surface area contributed by atoms with Crippen LogP contribution in [0.1, 0.15) is 25.0 Å². The molecule has 1 amide bonds. The van der Waals surface area contributed by atoms with Crippen LogP contribution in [0.4, 0.5) is 0 Å². The highest BCUT2D eigenvalue weighted by atomic mass is 32.2. The number of rotatable bonds is 9. The molecule has 0 aliphatic rings. The van der Waals surface area contributed by atoms with Gasteiger partial charge in [0.25, 0.3) is 5.91 Å². The molecule has 2 aromatic rings. The summed E-state index contributed by atoms with van der Waals surface area (Å²) in [6.07, 6.45) is 1.33. The van der Waals surface area contributed by atoms with Crippen molar-refractivity contribution < 1.29 is 27.8 Å². The molecule has 0 saturated heterocycles. The number of ether oxygens (including phenoxy) is 2. The van der Waals surface area contributed by atoms with Gasteiger partial charge in [-0.3, -0.25) is 4.79 Å². The van der Waals surface area contributed by atoms with Gasteiger partial charge in [0, 0.05) is 5.56 Å². The van der Waals surface area contributed by atoms with Gasteiger partial charge < -0.3 is 14.6 Å². The third kappa shape index (κ3) is 6.19. The summed E-state index contributed by atoms with van der Waals surface area (Å²) in [6.45, 7) is 5.30. The number of hydrazone groups is 1. The minimum atomic E-state index is -3.89. The Kier molecular flexibility index (Phi) is 8.01. The van der Waals surface area contributed by atoms with E-state index in [1.807, 2.05) is 6.92 Å². The van der Waals surface area contributed by atoms with Gasteiger partial charge in [0.2, 0.25) is 15.8 Å². The first-order valence-electron chi connectivity index (χ1n) is 9.46. The molecule has 0 aromatic heterocycles. The number of carbonyl (C=O) groups excluding carboxylic acids is 1. The number of amides is 1. The smallest absolute Gasteiger partial charge is 0.258 e. The van der Waals surface area contributed by atoms with Gasteiger partial charge in [0.05, 0.1) is 25.3 Å². The number of nitrogens with zero attached hydrogens (tertiary/aromatic N) is 1. The van der Waals surface area contributed by atoms with Crippen LogP contribution in [0.3, 0.4) is 0 Å². The molecule has 2 rings (SSSR count). The van der Waals surface area contributed by atoms with E-state index in [1.165, 1.54) is 44.7 Å². The molecule has 0 unspecified atom stereocenters. The van der Waals surface area contributed by atoms with Gasteiger partial charge in [-0.05, 0) is 37.1 Å². The van der Waals surface area contributed by atoms with Crippen molar-refractivity contribution in [2.45, 2.75) is 31.7 Å². The van der Waals surface area contributed by atoms with E-state index < -0.39 is 22.0 Å². The van der Waals surface area contributed by atoms with Crippen molar-refractivity contribution in [1.82, 2.24) is 10.1 Å². The summed E-state index contributed by atoms with van der Waals surface area (Å²) in [5, 5.41) is 13.8. The van der Waals surface area contributed by atoms with Gasteiger partial charge in [-0.25, -0.2) is 13.8 Å². The van der Waals surface area contributed by atoms with Gasteiger partial charge in [0.15, 0.2) is 11.5 Å². The summed E-state index contributed by atoms with van der Waals surface area (Å²) in [7, 11) is -1.10. The van der Waals surface area contributed by atoms with Crippen molar-refractivity contribution >= 4 is 22.1 Å². The van der Waals surface area contributed by atoms with Gasteiger partial charge in [-0.15, -0.1) is 0 Å². The Morgan fingerprint density at radius 1 is 1.10 bits per heavy atom. The lowest BCUT2D eigenvalue weighted by Crippen LogP contribution is -2.48. The molecule has 0 bridgehead atoms. The predicted molar refractivity (Wildman–Crippen MR) is 117 cm³/mol. The zero-order valence-corrected chi connectivity index (χ0v) is 18.9. The van der Waals surface area contributed by atoms with E-state index in [1.54, 1.807) is 26.0 Å². The van der Waals surface area contributed by atoms with E-state index >= 15 is 0 Å². The summed E-state index contributed by atoms with van der Waals surface area (Å²) in [5.74, 6) is -0.739. The number of nitrogens with one attached hydrogen (secondary N) is 2. The number of benzene rings is 2. The molecule has 168 valence electrons. The number of hydrogen-bond acceptors (Lipinski definition) is 7. The largest absolute Gasteiger partial charge is 0.502 e. The summed E-state index contributed by atoms with van der Waals surface area (Å²) >= 11 is 0. The van der Waals surface area contributed by atoms with Crippen LogP contribution >= 0.6 is 0 Å². The molecule has 0 spiro atoms. The highest BCUT2D eigenvalue weighted by molar-refractivity contribution is 7.89. The Hall–Kier alpha value is -3.11. The van der Waals surface area contributed by atoms with Crippen LogP contribution in [0.15, 0.2) is 46.4 Å². The van der Waals surface area contributed by atoms with E-state index in [-0.39, 0.29) is 28.1 Å². The molecule has 0 aliphatic carbocycles. The Balaban J connectivity index is 2.15.